The standard InChI is InChI=1S/C20H16F3N3O3S/c1-29-18(28)15-7-2-3-8-16(15)26-17(27)10-14-11-30-19(25-14)24-13-6-4-5-12(9-13)20(21,22)23/h2-9,11H,10H2,1H3,(H,24,25)(H,26,27). The molecule has 1 heterocycles. The number of halogens is 3. The number of methoxy groups -OCH3 is 1. The van der Waals surface area contributed by atoms with Gasteiger partial charge in [0.25, 0.3) is 0 Å². The lowest BCUT2D eigenvalue weighted by molar-refractivity contribution is -0.137. The zero-order valence-electron chi connectivity index (χ0n) is 15.6. The molecule has 0 bridgehead atoms. The molecule has 0 aliphatic heterocycles. The van der Waals surface area contributed by atoms with Crippen molar-refractivity contribution in [3.63, 3.8) is 0 Å². The number of ether oxygens (including phenoxy) is 1. The molecule has 0 fully saturated rings. The number of aromatic nitrogens is 1. The molecule has 1 amide bonds. The number of nitrogens with zero attached hydrogens (tertiary/aromatic N) is 1. The molecule has 0 saturated carbocycles. The van der Waals surface area contributed by atoms with E-state index in [0.717, 1.165) is 23.5 Å². The van der Waals surface area contributed by atoms with Gasteiger partial charge in [-0.25, -0.2) is 9.78 Å². The number of carbonyl (C=O) groups is 2. The molecule has 30 heavy (non-hydrogen) atoms. The van der Waals surface area contributed by atoms with Gasteiger partial charge in [0.05, 0.1) is 36.0 Å². The highest BCUT2D eigenvalue weighted by Crippen LogP contribution is 2.31. The third-order valence-electron chi connectivity index (χ3n) is 3.94. The van der Waals surface area contributed by atoms with Gasteiger partial charge in [0.1, 0.15) is 0 Å². The van der Waals surface area contributed by atoms with Gasteiger partial charge in [-0.3, -0.25) is 4.79 Å². The number of hydrogen-bond acceptors (Lipinski definition) is 6. The maximum absolute atomic E-state index is 12.8. The maximum atomic E-state index is 12.8. The normalized spacial score (nSPS) is 11.1. The van der Waals surface area contributed by atoms with Crippen LogP contribution >= 0.6 is 11.3 Å². The van der Waals surface area contributed by atoms with E-state index in [0.29, 0.717) is 16.5 Å². The summed E-state index contributed by atoms with van der Waals surface area (Å²) in [5.41, 5.74) is 0.433. The molecular weight excluding hydrogens is 419 g/mol. The predicted molar refractivity (Wildman–Crippen MR) is 107 cm³/mol. The summed E-state index contributed by atoms with van der Waals surface area (Å²) in [5.74, 6) is -0.977. The van der Waals surface area contributed by atoms with Gasteiger partial charge in [0.2, 0.25) is 5.91 Å². The van der Waals surface area contributed by atoms with Crippen molar-refractivity contribution in [2.75, 3.05) is 17.7 Å². The first-order valence-electron chi connectivity index (χ1n) is 8.62. The Morgan fingerprint density at radius 2 is 1.90 bits per heavy atom. The Hall–Kier alpha value is -3.40. The summed E-state index contributed by atoms with van der Waals surface area (Å²) in [6.45, 7) is 0. The van der Waals surface area contributed by atoms with Gasteiger partial charge < -0.3 is 15.4 Å². The topological polar surface area (TPSA) is 80.3 Å². The minimum Gasteiger partial charge on any atom is -0.465 e. The van der Waals surface area contributed by atoms with Crippen molar-refractivity contribution in [2.24, 2.45) is 0 Å². The van der Waals surface area contributed by atoms with Crippen molar-refractivity contribution >= 4 is 39.7 Å². The van der Waals surface area contributed by atoms with E-state index in [-0.39, 0.29) is 17.7 Å². The van der Waals surface area contributed by atoms with Gasteiger partial charge >= 0.3 is 12.1 Å². The second kappa shape index (κ2) is 8.95. The van der Waals surface area contributed by atoms with Crippen LogP contribution in [0.5, 0.6) is 0 Å². The molecule has 3 aromatic rings. The van der Waals surface area contributed by atoms with Gasteiger partial charge in [-0.2, -0.15) is 13.2 Å². The average Bonchev–Trinajstić information content (AvgIpc) is 3.13. The van der Waals surface area contributed by atoms with E-state index in [1.807, 2.05) is 0 Å². The van der Waals surface area contributed by atoms with Crippen LogP contribution in [0.2, 0.25) is 0 Å². The van der Waals surface area contributed by atoms with Crippen LogP contribution in [0, 0.1) is 0 Å². The molecule has 156 valence electrons. The van der Waals surface area contributed by atoms with E-state index < -0.39 is 23.6 Å². The number of amides is 1. The summed E-state index contributed by atoms with van der Waals surface area (Å²) in [4.78, 5) is 28.3. The molecule has 10 heteroatoms. The first-order chi connectivity index (χ1) is 14.3. The number of carbonyl (C=O) groups excluding carboxylic acids is 2. The van der Waals surface area contributed by atoms with Gasteiger partial charge in [0, 0.05) is 11.1 Å². The molecule has 3 rings (SSSR count). The van der Waals surface area contributed by atoms with Crippen LogP contribution in [0.1, 0.15) is 21.6 Å². The quantitative estimate of drug-likeness (QED) is 0.540. The number of para-hydroxylation sites is 1. The Morgan fingerprint density at radius 3 is 2.63 bits per heavy atom. The van der Waals surface area contributed by atoms with Gasteiger partial charge in [-0.15, -0.1) is 11.3 Å². The Morgan fingerprint density at radius 1 is 1.13 bits per heavy atom. The van der Waals surface area contributed by atoms with Crippen molar-refractivity contribution in [1.82, 2.24) is 4.98 Å². The van der Waals surface area contributed by atoms with E-state index in [9.17, 15) is 22.8 Å². The fourth-order valence-electron chi connectivity index (χ4n) is 2.58. The fraction of sp³-hybridized carbons (Fsp3) is 0.150. The summed E-state index contributed by atoms with van der Waals surface area (Å²) < 4.78 is 43.1. The molecule has 2 aromatic carbocycles. The maximum Gasteiger partial charge on any atom is 0.416 e. The van der Waals surface area contributed by atoms with Crippen LogP contribution < -0.4 is 10.6 Å². The van der Waals surface area contributed by atoms with Crippen LogP contribution in [-0.2, 0) is 22.1 Å². The lowest BCUT2D eigenvalue weighted by Gasteiger charge is -2.09. The molecule has 6 nitrogen and oxygen atoms in total. The summed E-state index contributed by atoms with van der Waals surface area (Å²) in [5, 5.41) is 7.42. The SMILES string of the molecule is COC(=O)c1ccccc1NC(=O)Cc1csc(Nc2cccc(C(F)(F)F)c2)n1. The highest BCUT2D eigenvalue weighted by atomic mass is 32.1. The number of benzene rings is 2. The lowest BCUT2D eigenvalue weighted by atomic mass is 10.1. The second-order valence-corrected chi connectivity index (χ2v) is 6.97. The largest absolute Gasteiger partial charge is 0.465 e. The zero-order chi connectivity index (χ0) is 21.7. The van der Waals surface area contributed by atoms with Gasteiger partial charge in [-0.1, -0.05) is 18.2 Å². The van der Waals surface area contributed by atoms with Crippen molar-refractivity contribution in [2.45, 2.75) is 12.6 Å². The minimum atomic E-state index is -4.44. The molecule has 0 aliphatic rings. The molecule has 0 spiro atoms. The van der Waals surface area contributed by atoms with E-state index in [1.54, 1.807) is 23.6 Å². The highest BCUT2D eigenvalue weighted by Gasteiger charge is 2.30. The number of hydrogen-bond donors (Lipinski definition) is 2. The number of anilines is 3. The van der Waals surface area contributed by atoms with Crippen LogP contribution in [0.3, 0.4) is 0 Å². The van der Waals surface area contributed by atoms with E-state index >= 15 is 0 Å². The van der Waals surface area contributed by atoms with Crippen LogP contribution in [-0.4, -0.2) is 24.0 Å². The second-order valence-electron chi connectivity index (χ2n) is 6.11. The lowest BCUT2D eigenvalue weighted by Crippen LogP contribution is -2.17. The molecule has 0 atom stereocenters. The van der Waals surface area contributed by atoms with Crippen molar-refractivity contribution in [1.29, 1.82) is 0 Å². The Bertz CT molecular complexity index is 1070. The first-order valence-corrected chi connectivity index (χ1v) is 9.50. The molecule has 0 unspecified atom stereocenters. The predicted octanol–water partition coefficient (Wildman–Crippen LogP) is 4.87. The first kappa shape index (κ1) is 21.3. The third-order valence-corrected chi connectivity index (χ3v) is 4.75. The number of nitrogens with one attached hydrogen (secondary N) is 2. The number of esters is 1. The van der Waals surface area contributed by atoms with Crippen LogP contribution in [0.25, 0.3) is 0 Å². The molecular formula is C20H16F3N3O3S. The van der Waals surface area contributed by atoms with E-state index in [2.05, 4.69) is 20.4 Å². The van der Waals surface area contributed by atoms with E-state index in [1.165, 1.54) is 25.3 Å². The number of thiazole rings is 1. The summed E-state index contributed by atoms with van der Waals surface area (Å²) in [6, 6.07) is 11.2. The fourth-order valence-corrected chi connectivity index (χ4v) is 3.31. The van der Waals surface area contributed by atoms with Crippen LogP contribution in [0.15, 0.2) is 53.9 Å². The monoisotopic (exact) mass is 435 g/mol. The zero-order valence-corrected chi connectivity index (χ0v) is 16.4. The molecule has 0 radical (unpaired) electrons. The number of rotatable bonds is 6. The molecule has 1 aromatic heterocycles. The Balaban J connectivity index is 1.65. The number of alkyl halides is 3. The summed E-state index contributed by atoms with van der Waals surface area (Å²) in [7, 11) is 1.25. The molecule has 2 N–H and O–H groups in total. The van der Waals surface area contributed by atoms with Crippen LogP contribution in [0.4, 0.5) is 29.7 Å². The molecule has 0 aliphatic carbocycles. The third kappa shape index (κ3) is 5.35. The van der Waals surface area contributed by atoms with Crippen molar-refractivity contribution in [3.8, 4) is 0 Å². The average molecular weight is 435 g/mol. The van der Waals surface area contributed by atoms with Crippen molar-refractivity contribution in [3.05, 3.63) is 70.7 Å². The Kier molecular flexibility index (Phi) is 6.36. The Labute approximate surface area is 173 Å². The smallest absolute Gasteiger partial charge is 0.416 e. The van der Waals surface area contributed by atoms with Gasteiger partial charge in [-0.05, 0) is 30.3 Å². The summed E-state index contributed by atoms with van der Waals surface area (Å²) in [6.07, 6.45) is -4.51. The van der Waals surface area contributed by atoms with E-state index in [4.69, 9.17) is 0 Å². The summed E-state index contributed by atoms with van der Waals surface area (Å²) >= 11 is 1.16. The molecule has 0 saturated heterocycles. The van der Waals surface area contributed by atoms with Crippen molar-refractivity contribution < 1.29 is 27.5 Å². The minimum absolute atomic E-state index is 0.0731. The van der Waals surface area contributed by atoms with Gasteiger partial charge in [0.15, 0.2) is 5.13 Å². The highest BCUT2D eigenvalue weighted by molar-refractivity contribution is 7.13.